The van der Waals surface area contributed by atoms with E-state index in [1.165, 1.54) is 0 Å². The van der Waals surface area contributed by atoms with Gasteiger partial charge in [-0.3, -0.25) is 4.79 Å². The van der Waals surface area contributed by atoms with E-state index in [1.807, 2.05) is 24.3 Å². The molecule has 3 nitrogen and oxygen atoms in total. The molecule has 0 radical (unpaired) electrons. The van der Waals surface area contributed by atoms with Gasteiger partial charge >= 0.3 is 0 Å². The van der Waals surface area contributed by atoms with Gasteiger partial charge < -0.3 is 10.5 Å². The highest BCUT2D eigenvalue weighted by atomic mass is 16.1. The summed E-state index contributed by atoms with van der Waals surface area (Å²) in [5.41, 5.74) is 7.51. The van der Waals surface area contributed by atoms with Gasteiger partial charge in [0.2, 0.25) is 0 Å². The molecule has 0 amide bonds. The van der Waals surface area contributed by atoms with Crippen molar-refractivity contribution < 1.29 is 9.59 Å². The van der Waals surface area contributed by atoms with Gasteiger partial charge in [-0.1, -0.05) is 24.3 Å². The van der Waals surface area contributed by atoms with Crippen LogP contribution in [-0.2, 0) is 22.4 Å². The summed E-state index contributed by atoms with van der Waals surface area (Å²) in [5.74, 6) is 0.146. The Morgan fingerprint density at radius 2 is 1.87 bits per heavy atom. The van der Waals surface area contributed by atoms with Gasteiger partial charge in [-0.2, -0.15) is 0 Å². The molecule has 0 saturated heterocycles. The molecule has 1 aromatic rings. The zero-order chi connectivity index (χ0) is 11.3. The molecule has 2 N–H and O–H groups in total. The lowest BCUT2D eigenvalue weighted by Gasteiger charge is -2.05. The maximum atomic E-state index is 10.9. The molecule has 0 aromatic heterocycles. The lowest BCUT2D eigenvalue weighted by molar-refractivity contribution is -0.116. The summed E-state index contributed by atoms with van der Waals surface area (Å²) < 4.78 is 0. The van der Waals surface area contributed by atoms with Crippen LogP contribution >= 0.6 is 0 Å². The van der Waals surface area contributed by atoms with E-state index >= 15 is 0 Å². The van der Waals surface area contributed by atoms with Gasteiger partial charge in [0, 0.05) is 6.42 Å². The first kappa shape index (κ1) is 11.6. The van der Waals surface area contributed by atoms with Crippen LogP contribution in [0.5, 0.6) is 0 Å². The molecule has 0 saturated carbocycles. The molecule has 0 unspecified atom stereocenters. The van der Waals surface area contributed by atoms with E-state index in [-0.39, 0.29) is 5.78 Å². The fourth-order valence-electron chi connectivity index (χ4n) is 1.40. The molecule has 0 aliphatic rings. The number of ketones is 1. The lowest BCUT2D eigenvalue weighted by atomic mass is 10.0. The molecule has 15 heavy (non-hydrogen) atoms. The Kier molecular flexibility index (Phi) is 4.18. The predicted octanol–water partition coefficient (Wildman–Crippen LogP) is 0.887. The van der Waals surface area contributed by atoms with Gasteiger partial charge in [0.05, 0.1) is 6.04 Å². The van der Waals surface area contributed by atoms with Crippen LogP contribution in [0.2, 0.25) is 0 Å². The molecule has 80 valence electrons. The Balaban J connectivity index is 2.63. The van der Waals surface area contributed by atoms with E-state index in [1.54, 1.807) is 6.92 Å². The number of Topliss-reactive ketones (excluding diaryl/α,β-unsaturated/α-hetero) is 1. The molecular weight excluding hydrogens is 190 g/mol. The third kappa shape index (κ3) is 4.04. The van der Waals surface area contributed by atoms with E-state index in [4.69, 9.17) is 5.73 Å². The van der Waals surface area contributed by atoms with Gasteiger partial charge in [0.1, 0.15) is 12.1 Å². The molecule has 3 heteroatoms. The maximum Gasteiger partial charge on any atom is 0.137 e. The summed E-state index contributed by atoms with van der Waals surface area (Å²) in [6, 6.07) is 7.16. The van der Waals surface area contributed by atoms with Crippen LogP contribution in [-0.4, -0.2) is 18.1 Å². The number of rotatable bonds is 5. The molecule has 0 spiro atoms. The molecule has 0 aliphatic carbocycles. The monoisotopic (exact) mass is 205 g/mol. The first-order chi connectivity index (χ1) is 7.11. The van der Waals surface area contributed by atoms with Crippen molar-refractivity contribution in [2.75, 3.05) is 0 Å². The minimum Gasteiger partial charge on any atom is -0.321 e. The number of carbonyl (C=O) groups is 2. The minimum atomic E-state index is -0.441. The Morgan fingerprint density at radius 1 is 1.33 bits per heavy atom. The Morgan fingerprint density at radius 3 is 2.33 bits per heavy atom. The Hall–Kier alpha value is -1.48. The van der Waals surface area contributed by atoms with Gasteiger partial charge in [-0.15, -0.1) is 0 Å². The van der Waals surface area contributed by atoms with Crippen molar-refractivity contribution in [1.82, 2.24) is 0 Å². The highest BCUT2D eigenvalue weighted by Gasteiger charge is 2.02. The number of benzene rings is 1. The molecular formula is C12H15NO2. The molecule has 0 heterocycles. The second-order valence-corrected chi connectivity index (χ2v) is 3.70. The number of hydrogen-bond donors (Lipinski definition) is 1. The SMILES string of the molecule is CC(=O)Cc1ccc(C[C@H](N)C=O)cc1. The number of aldehydes is 1. The largest absolute Gasteiger partial charge is 0.321 e. The maximum absolute atomic E-state index is 10.9. The third-order valence-corrected chi connectivity index (χ3v) is 2.12. The summed E-state index contributed by atoms with van der Waals surface area (Å²) in [6.07, 6.45) is 1.74. The van der Waals surface area contributed by atoms with Crippen molar-refractivity contribution in [3.63, 3.8) is 0 Å². The fourth-order valence-corrected chi connectivity index (χ4v) is 1.40. The van der Waals surface area contributed by atoms with E-state index in [9.17, 15) is 9.59 Å². The van der Waals surface area contributed by atoms with E-state index < -0.39 is 6.04 Å². The van der Waals surface area contributed by atoms with Crippen LogP contribution in [0.15, 0.2) is 24.3 Å². The van der Waals surface area contributed by atoms with Crippen molar-refractivity contribution in [3.05, 3.63) is 35.4 Å². The number of carbonyl (C=O) groups excluding carboxylic acids is 2. The minimum absolute atomic E-state index is 0.146. The third-order valence-electron chi connectivity index (χ3n) is 2.12. The standard InChI is InChI=1S/C12H15NO2/c1-9(15)6-10-2-4-11(5-3-10)7-12(13)8-14/h2-5,8,12H,6-7,13H2,1H3/t12-/m0/s1. The van der Waals surface area contributed by atoms with Gasteiger partial charge in [-0.25, -0.2) is 0 Å². The second-order valence-electron chi connectivity index (χ2n) is 3.70. The summed E-state index contributed by atoms with van der Waals surface area (Å²) in [7, 11) is 0. The molecule has 1 rings (SSSR count). The van der Waals surface area contributed by atoms with Crippen molar-refractivity contribution in [3.8, 4) is 0 Å². The van der Waals surface area contributed by atoms with Crippen LogP contribution < -0.4 is 5.73 Å². The summed E-state index contributed by atoms with van der Waals surface area (Å²) in [6.45, 7) is 1.57. The zero-order valence-electron chi connectivity index (χ0n) is 8.77. The topological polar surface area (TPSA) is 60.2 Å². The number of hydrogen-bond acceptors (Lipinski definition) is 3. The van der Waals surface area contributed by atoms with Gasteiger partial charge in [0.15, 0.2) is 0 Å². The van der Waals surface area contributed by atoms with Crippen LogP contribution in [0.1, 0.15) is 18.1 Å². The molecule has 0 aliphatic heterocycles. The molecule has 0 fully saturated rings. The number of nitrogens with two attached hydrogens (primary N) is 1. The van der Waals surface area contributed by atoms with Crippen molar-refractivity contribution in [2.24, 2.45) is 5.73 Å². The van der Waals surface area contributed by atoms with E-state index in [2.05, 4.69) is 0 Å². The highest BCUT2D eigenvalue weighted by Crippen LogP contribution is 2.07. The van der Waals surface area contributed by atoms with Crippen molar-refractivity contribution >= 4 is 12.1 Å². The zero-order valence-corrected chi connectivity index (χ0v) is 8.77. The average molecular weight is 205 g/mol. The van der Waals surface area contributed by atoms with Crippen LogP contribution in [0.25, 0.3) is 0 Å². The Labute approximate surface area is 89.3 Å². The molecule has 1 aromatic carbocycles. The van der Waals surface area contributed by atoms with E-state index in [0.717, 1.165) is 17.4 Å². The summed E-state index contributed by atoms with van der Waals surface area (Å²) in [5, 5.41) is 0. The molecule has 0 bridgehead atoms. The first-order valence-electron chi connectivity index (χ1n) is 4.90. The highest BCUT2D eigenvalue weighted by molar-refractivity contribution is 5.78. The predicted molar refractivity (Wildman–Crippen MR) is 58.6 cm³/mol. The first-order valence-corrected chi connectivity index (χ1v) is 4.90. The van der Waals surface area contributed by atoms with Gasteiger partial charge in [0.25, 0.3) is 0 Å². The summed E-state index contributed by atoms with van der Waals surface area (Å²) in [4.78, 5) is 21.2. The van der Waals surface area contributed by atoms with Crippen molar-refractivity contribution in [2.45, 2.75) is 25.8 Å². The normalized spacial score (nSPS) is 12.1. The van der Waals surface area contributed by atoms with Crippen molar-refractivity contribution in [1.29, 1.82) is 0 Å². The average Bonchev–Trinajstić information content (AvgIpc) is 2.20. The summed E-state index contributed by atoms with van der Waals surface area (Å²) >= 11 is 0. The smallest absolute Gasteiger partial charge is 0.137 e. The Bertz CT molecular complexity index is 343. The lowest BCUT2D eigenvalue weighted by Crippen LogP contribution is -2.23. The quantitative estimate of drug-likeness (QED) is 0.726. The van der Waals surface area contributed by atoms with Gasteiger partial charge in [-0.05, 0) is 24.5 Å². The fraction of sp³-hybridized carbons (Fsp3) is 0.333. The second kappa shape index (κ2) is 5.41. The molecule has 1 atom stereocenters. The van der Waals surface area contributed by atoms with Crippen LogP contribution in [0.4, 0.5) is 0 Å². The van der Waals surface area contributed by atoms with Crippen LogP contribution in [0, 0.1) is 0 Å². The van der Waals surface area contributed by atoms with E-state index in [0.29, 0.717) is 12.8 Å². The van der Waals surface area contributed by atoms with Crippen LogP contribution in [0.3, 0.4) is 0 Å².